The molecule has 0 saturated heterocycles. The van der Waals surface area contributed by atoms with Gasteiger partial charge in [-0.05, 0) is 48.7 Å². The molecular formula is C22H31IN4O2. The van der Waals surface area contributed by atoms with Crippen LogP contribution in [0, 0.1) is 0 Å². The Morgan fingerprint density at radius 3 is 2.45 bits per heavy atom. The Balaban J connectivity index is 0.00000420. The van der Waals surface area contributed by atoms with Gasteiger partial charge in [-0.3, -0.25) is 4.79 Å². The van der Waals surface area contributed by atoms with Crippen molar-refractivity contribution in [3.05, 3.63) is 59.7 Å². The summed E-state index contributed by atoms with van der Waals surface area (Å²) in [6.07, 6.45) is 1.38. The van der Waals surface area contributed by atoms with E-state index in [-0.39, 0.29) is 29.9 Å². The van der Waals surface area contributed by atoms with Gasteiger partial charge in [-0.25, -0.2) is 4.99 Å². The van der Waals surface area contributed by atoms with Gasteiger partial charge in [-0.1, -0.05) is 31.2 Å². The van der Waals surface area contributed by atoms with Gasteiger partial charge in [-0.15, -0.1) is 24.0 Å². The van der Waals surface area contributed by atoms with Gasteiger partial charge < -0.3 is 20.7 Å². The summed E-state index contributed by atoms with van der Waals surface area (Å²) in [4.78, 5) is 16.3. The number of aliphatic imine (C=N–C) groups is 1. The Hall–Kier alpha value is -2.29. The van der Waals surface area contributed by atoms with Crippen LogP contribution in [0.2, 0.25) is 0 Å². The van der Waals surface area contributed by atoms with Crippen molar-refractivity contribution in [3.63, 3.8) is 0 Å². The van der Waals surface area contributed by atoms with Crippen molar-refractivity contribution in [2.45, 2.75) is 39.8 Å². The number of ether oxygens (including phenoxy) is 1. The predicted octanol–water partition coefficient (Wildman–Crippen LogP) is 4.31. The van der Waals surface area contributed by atoms with Crippen LogP contribution in [0.5, 0.6) is 5.75 Å². The van der Waals surface area contributed by atoms with Gasteiger partial charge in [0.25, 0.3) is 0 Å². The maximum Gasteiger partial charge on any atom is 0.224 e. The number of rotatable bonds is 9. The van der Waals surface area contributed by atoms with Crippen molar-refractivity contribution in [2.24, 2.45) is 4.99 Å². The summed E-state index contributed by atoms with van der Waals surface area (Å²) in [5.41, 5.74) is 3.02. The summed E-state index contributed by atoms with van der Waals surface area (Å²) in [6.45, 7) is 6.02. The van der Waals surface area contributed by atoms with E-state index in [2.05, 4.69) is 20.9 Å². The third-order valence-electron chi connectivity index (χ3n) is 4.07. The summed E-state index contributed by atoms with van der Waals surface area (Å²) in [6, 6.07) is 15.7. The van der Waals surface area contributed by atoms with Crippen LogP contribution in [0.1, 0.15) is 37.8 Å². The largest absolute Gasteiger partial charge is 0.497 e. The SMILES string of the molecule is CCCC(=O)Nc1ccc(CNC(=NCc2cccc(OC)c2)NCC)cc1.I. The van der Waals surface area contributed by atoms with E-state index in [1.807, 2.05) is 62.4 Å². The molecule has 29 heavy (non-hydrogen) atoms. The van der Waals surface area contributed by atoms with Crippen molar-refractivity contribution >= 4 is 41.5 Å². The zero-order chi connectivity index (χ0) is 20.2. The fraction of sp³-hybridized carbons (Fsp3) is 0.364. The van der Waals surface area contributed by atoms with Crippen LogP contribution >= 0.6 is 24.0 Å². The first-order valence-electron chi connectivity index (χ1n) is 9.68. The molecule has 1 amide bonds. The highest BCUT2D eigenvalue weighted by Crippen LogP contribution is 2.13. The summed E-state index contributed by atoms with van der Waals surface area (Å²) < 4.78 is 5.26. The van der Waals surface area contributed by atoms with Crippen LogP contribution in [0.3, 0.4) is 0 Å². The molecule has 2 aromatic carbocycles. The molecule has 0 heterocycles. The molecule has 0 aliphatic heterocycles. The Morgan fingerprint density at radius 2 is 1.79 bits per heavy atom. The lowest BCUT2D eigenvalue weighted by Crippen LogP contribution is -2.36. The number of halogens is 1. The number of anilines is 1. The number of guanidine groups is 1. The van der Waals surface area contributed by atoms with Gasteiger partial charge in [0.2, 0.25) is 5.91 Å². The van der Waals surface area contributed by atoms with Gasteiger partial charge >= 0.3 is 0 Å². The minimum Gasteiger partial charge on any atom is -0.497 e. The molecule has 0 aliphatic carbocycles. The van der Waals surface area contributed by atoms with Crippen molar-refractivity contribution in [2.75, 3.05) is 19.0 Å². The molecule has 0 radical (unpaired) electrons. The molecule has 2 rings (SSSR count). The number of carbonyl (C=O) groups excluding carboxylic acids is 1. The number of nitrogens with zero attached hydrogens (tertiary/aromatic N) is 1. The number of hydrogen-bond acceptors (Lipinski definition) is 3. The van der Waals surface area contributed by atoms with E-state index in [0.717, 1.165) is 41.5 Å². The molecule has 0 aromatic heterocycles. The molecular weight excluding hydrogens is 479 g/mol. The number of nitrogens with one attached hydrogen (secondary N) is 3. The maximum absolute atomic E-state index is 11.7. The first kappa shape index (κ1) is 24.7. The van der Waals surface area contributed by atoms with Crippen LogP contribution in [0.25, 0.3) is 0 Å². The lowest BCUT2D eigenvalue weighted by molar-refractivity contribution is -0.116. The second-order valence-corrected chi connectivity index (χ2v) is 6.40. The van der Waals surface area contributed by atoms with E-state index in [9.17, 15) is 4.79 Å². The molecule has 0 spiro atoms. The summed E-state index contributed by atoms with van der Waals surface area (Å²) in [5.74, 6) is 1.63. The third kappa shape index (κ3) is 9.17. The summed E-state index contributed by atoms with van der Waals surface area (Å²) in [7, 11) is 1.66. The normalized spacial score (nSPS) is 10.7. The second kappa shape index (κ2) is 13.8. The number of amides is 1. The van der Waals surface area contributed by atoms with Crippen LogP contribution in [0.15, 0.2) is 53.5 Å². The molecule has 0 unspecified atom stereocenters. The van der Waals surface area contributed by atoms with Gasteiger partial charge in [0, 0.05) is 25.2 Å². The number of hydrogen-bond donors (Lipinski definition) is 3. The average Bonchev–Trinajstić information content (AvgIpc) is 2.71. The molecule has 3 N–H and O–H groups in total. The molecule has 6 nitrogen and oxygen atoms in total. The van der Waals surface area contributed by atoms with E-state index in [1.54, 1.807) is 7.11 Å². The second-order valence-electron chi connectivity index (χ2n) is 6.40. The number of carbonyl (C=O) groups is 1. The highest BCUT2D eigenvalue weighted by atomic mass is 127. The van der Waals surface area contributed by atoms with Crippen LogP contribution in [0.4, 0.5) is 5.69 Å². The van der Waals surface area contributed by atoms with Crippen LogP contribution in [-0.4, -0.2) is 25.5 Å². The average molecular weight is 510 g/mol. The summed E-state index contributed by atoms with van der Waals surface area (Å²) >= 11 is 0. The molecule has 158 valence electrons. The molecule has 7 heteroatoms. The van der Waals surface area contributed by atoms with Crippen LogP contribution < -0.4 is 20.7 Å². The Labute approximate surface area is 190 Å². The molecule has 0 aliphatic rings. The maximum atomic E-state index is 11.7. The third-order valence-corrected chi connectivity index (χ3v) is 4.07. The topological polar surface area (TPSA) is 74.8 Å². The molecule has 0 bridgehead atoms. The highest BCUT2D eigenvalue weighted by Gasteiger charge is 2.02. The standard InChI is InChI=1S/C22H30N4O2.HI/c1-4-7-21(27)26-19-12-10-17(11-13-19)15-24-22(23-5-2)25-16-18-8-6-9-20(14-18)28-3;/h6,8-14H,4-5,7,15-16H2,1-3H3,(H,26,27)(H2,23,24,25);1H. The van der Waals surface area contributed by atoms with E-state index in [0.29, 0.717) is 19.5 Å². The van der Waals surface area contributed by atoms with Crippen molar-refractivity contribution in [3.8, 4) is 5.75 Å². The predicted molar refractivity (Wildman–Crippen MR) is 130 cm³/mol. The van der Waals surface area contributed by atoms with E-state index in [1.165, 1.54) is 0 Å². The fourth-order valence-corrected chi connectivity index (χ4v) is 2.63. The lowest BCUT2D eigenvalue weighted by Gasteiger charge is -2.12. The van der Waals surface area contributed by atoms with Crippen molar-refractivity contribution < 1.29 is 9.53 Å². The Kier molecular flexibility index (Phi) is 11.8. The number of methoxy groups -OCH3 is 1. The number of benzene rings is 2. The summed E-state index contributed by atoms with van der Waals surface area (Å²) in [5, 5.41) is 9.49. The van der Waals surface area contributed by atoms with Gasteiger partial charge in [0.1, 0.15) is 5.75 Å². The Bertz CT molecular complexity index is 779. The van der Waals surface area contributed by atoms with E-state index in [4.69, 9.17) is 4.74 Å². The highest BCUT2D eigenvalue weighted by molar-refractivity contribution is 14.0. The quantitative estimate of drug-likeness (QED) is 0.267. The zero-order valence-electron chi connectivity index (χ0n) is 17.3. The van der Waals surface area contributed by atoms with Crippen LogP contribution in [-0.2, 0) is 17.9 Å². The van der Waals surface area contributed by atoms with Gasteiger partial charge in [-0.2, -0.15) is 0 Å². The van der Waals surface area contributed by atoms with Crippen molar-refractivity contribution in [1.29, 1.82) is 0 Å². The monoisotopic (exact) mass is 510 g/mol. The van der Waals surface area contributed by atoms with E-state index >= 15 is 0 Å². The fourth-order valence-electron chi connectivity index (χ4n) is 2.63. The minimum absolute atomic E-state index is 0. The molecule has 2 aromatic rings. The minimum atomic E-state index is 0. The molecule has 0 atom stereocenters. The van der Waals surface area contributed by atoms with Gasteiger partial charge in [0.15, 0.2) is 5.96 Å². The smallest absolute Gasteiger partial charge is 0.224 e. The van der Waals surface area contributed by atoms with E-state index < -0.39 is 0 Å². The van der Waals surface area contributed by atoms with Crippen molar-refractivity contribution in [1.82, 2.24) is 10.6 Å². The van der Waals surface area contributed by atoms with Gasteiger partial charge in [0.05, 0.1) is 13.7 Å². The first-order chi connectivity index (χ1) is 13.6. The lowest BCUT2D eigenvalue weighted by atomic mass is 10.2. The Morgan fingerprint density at radius 1 is 1.03 bits per heavy atom. The zero-order valence-corrected chi connectivity index (χ0v) is 19.7. The molecule has 0 fully saturated rings. The first-order valence-corrected chi connectivity index (χ1v) is 9.68. The molecule has 0 saturated carbocycles.